The molecule has 0 atom stereocenters. The van der Waals surface area contributed by atoms with E-state index in [2.05, 4.69) is 4.98 Å². The van der Waals surface area contributed by atoms with Gasteiger partial charge in [0.25, 0.3) is 5.91 Å². The zero-order valence-corrected chi connectivity index (χ0v) is 15.0. The van der Waals surface area contributed by atoms with Crippen LogP contribution in [0.3, 0.4) is 0 Å². The van der Waals surface area contributed by atoms with Crippen molar-refractivity contribution >= 4 is 5.91 Å². The second-order valence-corrected chi connectivity index (χ2v) is 7.29. The molecule has 2 aromatic rings. The van der Waals surface area contributed by atoms with Crippen LogP contribution in [-0.2, 0) is 0 Å². The Morgan fingerprint density at radius 1 is 1.16 bits per heavy atom. The van der Waals surface area contributed by atoms with E-state index in [0.717, 1.165) is 42.5 Å². The lowest BCUT2D eigenvalue weighted by molar-refractivity contribution is 0.0595. The fourth-order valence-electron chi connectivity index (χ4n) is 3.82. The largest absolute Gasteiger partial charge is 0.396 e. The molecule has 1 aliphatic carbocycles. The number of aryl methyl sites for hydroxylation is 1. The van der Waals surface area contributed by atoms with Gasteiger partial charge in [-0.3, -0.25) is 9.78 Å². The quantitative estimate of drug-likeness (QED) is 0.905. The zero-order valence-electron chi connectivity index (χ0n) is 15.0. The Hall–Kier alpha value is -2.20. The van der Waals surface area contributed by atoms with E-state index in [1.165, 1.54) is 0 Å². The van der Waals surface area contributed by atoms with Gasteiger partial charge in [-0.25, -0.2) is 0 Å². The maximum Gasteiger partial charge on any atom is 0.253 e. The summed E-state index contributed by atoms with van der Waals surface area (Å²) in [6.45, 7) is 2.74. The summed E-state index contributed by atoms with van der Waals surface area (Å²) in [6, 6.07) is 11.7. The minimum atomic E-state index is -0.112. The molecule has 0 spiro atoms. The van der Waals surface area contributed by atoms with E-state index < -0.39 is 0 Å². The average Bonchev–Trinajstić information content (AvgIpc) is 3.10. The highest BCUT2D eigenvalue weighted by atomic mass is 16.3. The molecule has 1 aliphatic rings. The molecule has 0 unspecified atom stereocenters. The Bertz CT molecular complexity index is 734. The molecule has 1 heterocycles. The molecule has 0 radical (unpaired) electrons. The minimum Gasteiger partial charge on any atom is -0.396 e. The van der Waals surface area contributed by atoms with Crippen molar-refractivity contribution in [2.45, 2.75) is 32.6 Å². The van der Waals surface area contributed by atoms with Crippen LogP contribution in [0.1, 0.15) is 41.7 Å². The van der Waals surface area contributed by atoms with Gasteiger partial charge in [-0.05, 0) is 55.2 Å². The summed E-state index contributed by atoms with van der Waals surface area (Å²) in [5.74, 6) is 0.0113. The van der Waals surface area contributed by atoms with Crippen LogP contribution in [0.5, 0.6) is 0 Å². The summed E-state index contributed by atoms with van der Waals surface area (Å²) in [4.78, 5) is 18.7. The number of amides is 1. The smallest absolute Gasteiger partial charge is 0.253 e. The highest BCUT2D eigenvalue weighted by Gasteiger charge is 2.35. The molecule has 4 nitrogen and oxygen atoms in total. The third-order valence-corrected chi connectivity index (χ3v) is 5.28. The molecular formula is C21H26N2O2. The predicted octanol–water partition coefficient (Wildman–Crippen LogP) is 3.68. The first-order chi connectivity index (χ1) is 12.0. The first-order valence-electron chi connectivity index (χ1n) is 8.92. The molecule has 1 amide bonds. The van der Waals surface area contributed by atoms with Crippen LogP contribution in [0.25, 0.3) is 11.1 Å². The molecule has 1 N–H and O–H groups in total. The van der Waals surface area contributed by atoms with Crippen molar-refractivity contribution in [3.63, 3.8) is 0 Å². The van der Waals surface area contributed by atoms with Gasteiger partial charge in [0.1, 0.15) is 0 Å². The maximum atomic E-state index is 12.7. The molecule has 1 saturated carbocycles. The number of carbonyl (C=O) groups is 1. The number of aliphatic hydroxyl groups is 1. The van der Waals surface area contributed by atoms with E-state index in [9.17, 15) is 9.90 Å². The van der Waals surface area contributed by atoms with Crippen LogP contribution < -0.4 is 0 Å². The Morgan fingerprint density at radius 2 is 1.84 bits per heavy atom. The summed E-state index contributed by atoms with van der Waals surface area (Å²) in [7, 11) is 1.83. The second kappa shape index (κ2) is 7.36. The van der Waals surface area contributed by atoms with E-state index in [4.69, 9.17) is 0 Å². The van der Waals surface area contributed by atoms with Gasteiger partial charge in [-0.2, -0.15) is 0 Å². The third kappa shape index (κ3) is 3.90. The van der Waals surface area contributed by atoms with Crippen molar-refractivity contribution < 1.29 is 9.90 Å². The minimum absolute atomic E-state index is 0.0113. The number of pyridine rings is 1. The Labute approximate surface area is 149 Å². The number of rotatable bonds is 5. The van der Waals surface area contributed by atoms with Crippen molar-refractivity contribution in [2.75, 3.05) is 20.2 Å². The summed E-state index contributed by atoms with van der Waals surface area (Å²) in [5.41, 5.74) is 3.72. The fourth-order valence-corrected chi connectivity index (χ4v) is 3.82. The SMILES string of the molecule is Cc1cc(-c2ccc(C(=O)N(C)CC3(CO)CCCC3)cc2)ccn1. The van der Waals surface area contributed by atoms with Gasteiger partial charge in [-0.15, -0.1) is 0 Å². The fraction of sp³-hybridized carbons (Fsp3) is 0.429. The lowest BCUT2D eigenvalue weighted by atomic mass is 9.86. The van der Waals surface area contributed by atoms with Crippen molar-refractivity contribution in [2.24, 2.45) is 5.41 Å². The number of aliphatic hydroxyl groups excluding tert-OH is 1. The molecule has 25 heavy (non-hydrogen) atoms. The van der Waals surface area contributed by atoms with Crippen LogP contribution in [0.2, 0.25) is 0 Å². The lowest BCUT2D eigenvalue weighted by Gasteiger charge is -2.31. The highest BCUT2D eigenvalue weighted by Crippen LogP contribution is 2.38. The van der Waals surface area contributed by atoms with Gasteiger partial charge in [0, 0.05) is 36.5 Å². The molecule has 0 saturated heterocycles. The maximum absolute atomic E-state index is 12.7. The van der Waals surface area contributed by atoms with Gasteiger partial charge >= 0.3 is 0 Å². The first kappa shape index (κ1) is 17.6. The Morgan fingerprint density at radius 3 is 2.44 bits per heavy atom. The van der Waals surface area contributed by atoms with Crippen LogP contribution in [0, 0.1) is 12.3 Å². The number of carbonyl (C=O) groups excluding carboxylic acids is 1. The number of aromatic nitrogens is 1. The second-order valence-electron chi connectivity index (χ2n) is 7.29. The van der Waals surface area contributed by atoms with E-state index in [-0.39, 0.29) is 17.9 Å². The van der Waals surface area contributed by atoms with Crippen molar-refractivity contribution in [3.8, 4) is 11.1 Å². The molecule has 0 bridgehead atoms. The van der Waals surface area contributed by atoms with Crippen molar-refractivity contribution in [1.29, 1.82) is 0 Å². The van der Waals surface area contributed by atoms with E-state index in [0.29, 0.717) is 12.1 Å². The number of hydrogen-bond acceptors (Lipinski definition) is 3. The molecule has 1 aromatic heterocycles. The monoisotopic (exact) mass is 338 g/mol. The normalized spacial score (nSPS) is 16.0. The molecule has 4 heteroatoms. The molecular weight excluding hydrogens is 312 g/mol. The van der Waals surface area contributed by atoms with E-state index >= 15 is 0 Å². The van der Waals surface area contributed by atoms with E-state index in [1.54, 1.807) is 11.1 Å². The molecule has 3 rings (SSSR count). The summed E-state index contributed by atoms with van der Waals surface area (Å²) in [6.07, 6.45) is 6.08. The first-order valence-corrected chi connectivity index (χ1v) is 8.92. The molecule has 0 aliphatic heterocycles. The van der Waals surface area contributed by atoms with Crippen LogP contribution in [-0.4, -0.2) is 41.1 Å². The van der Waals surface area contributed by atoms with Crippen molar-refractivity contribution in [3.05, 3.63) is 53.9 Å². The summed E-state index contributed by atoms with van der Waals surface area (Å²) >= 11 is 0. The number of nitrogens with zero attached hydrogens (tertiary/aromatic N) is 2. The van der Waals surface area contributed by atoms with Gasteiger partial charge in [0.05, 0.1) is 6.61 Å². The molecule has 132 valence electrons. The Balaban J connectivity index is 1.72. The van der Waals surface area contributed by atoms with Crippen LogP contribution >= 0.6 is 0 Å². The van der Waals surface area contributed by atoms with Gasteiger partial charge in [-0.1, -0.05) is 25.0 Å². The topological polar surface area (TPSA) is 53.4 Å². The predicted molar refractivity (Wildman–Crippen MR) is 99.4 cm³/mol. The van der Waals surface area contributed by atoms with Crippen LogP contribution in [0.4, 0.5) is 0 Å². The number of hydrogen-bond donors (Lipinski definition) is 1. The van der Waals surface area contributed by atoms with Gasteiger partial charge < -0.3 is 10.0 Å². The van der Waals surface area contributed by atoms with Crippen molar-refractivity contribution in [1.82, 2.24) is 9.88 Å². The van der Waals surface area contributed by atoms with Gasteiger partial charge in [0.15, 0.2) is 0 Å². The average molecular weight is 338 g/mol. The van der Waals surface area contributed by atoms with Crippen LogP contribution in [0.15, 0.2) is 42.6 Å². The highest BCUT2D eigenvalue weighted by molar-refractivity contribution is 5.94. The van der Waals surface area contributed by atoms with Gasteiger partial charge in [0.2, 0.25) is 0 Å². The van der Waals surface area contributed by atoms with E-state index in [1.807, 2.05) is 50.4 Å². The lowest BCUT2D eigenvalue weighted by Crippen LogP contribution is -2.39. The zero-order chi connectivity index (χ0) is 17.9. The molecule has 1 aromatic carbocycles. The molecule has 1 fully saturated rings. The number of benzene rings is 1. The third-order valence-electron chi connectivity index (χ3n) is 5.28. The Kier molecular flexibility index (Phi) is 5.19. The standard InChI is InChI=1S/C21H26N2O2/c1-16-13-19(9-12-22-16)17-5-7-18(8-6-17)20(25)23(2)14-21(15-24)10-3-4-11-21/h5-9,12-13,24H,3-4,10-11,14-15H2,1-2H3. The summed E-state index contributed by atoms with van der Waals surface area (Å²) < 4.78 is 0. The summed E-state index contributed by atoms with van der Waals surface area (Å²) in [5, 5.41) is 9.76.